The van der Waals surface area contributed by atoms with E-state index in [1.807, 2.05) is 51.2 Å². The topological polar surface area (TPSA) is 79.2 Å². The van der Waals surface area contributed by atoms with E-state index in [4.69, 9.17) is 16.3 Å². The van der Waals surface area contributed by atoms with Crippen LogP contribution in [0.4, 0.5) is 16.4 Å². The van der Waals surface area contributed by atoms with Gasteiger partial charge in [-0.3, -0.25) is 0 Å². The number of nitrogens with zero attached hydrogens (tertiary/aromatic N) is 3. The van der Waals surface area contributed by atoms with Gasteiger partial charge in [0.2, 0.25) is 5.95 Å². The molecule has 1 aliphatic heterocycles. The summed E-state index contributed by atoms with van der Waals surface area (Å²) in [6.45, 7) is 9.59. The van der Waals surface area contributed by atoms with Gasteiger partial charge in [-0.15, -0.1) is 4.58 Å². The third-order valence-electron chi connectivity index (χ3n) is 5.18. The van der Waals surface area contributed by atoms with Crippen LogP contribution in [0.15, 0.2) is 60.6 Å². The van der Waals surface area contributed by atoms with Crippen LogP contribution >= 0.6 is 11.6 Å². The van der Waals surface area contributed by atoms with E-state index in [0.29, 0.717) is 23.2 Å². The number of nitrogens with one attached hydrogen (secondary N) is 2. The van der Waals surface area contributed by atoms with E-state index in [1.165, 1.54) is 4.58 Å². The van der Waals surface area contributed by atoms with Crippen molar-refractivity contribution in [3.63, 3.8) is 0 Å². The number of fused-ring (bicyclic) bond motifs is 1. The Morgan fingerprint density at radius 2 is 2.09 bits per heavy atom. The van der Waals surface area contributed by atoms with Gasteiger partial charge in [0.05, 0.1) is 16.9 Å². The molecule has 0 saturated carbocycles. The number of carbonyl (C=O) groups excluding carboxylic acids is 1. The molecule has 2 aromatic rings. The van der Waals surface area contributed by atoms with E-state index in [9.17, 15) is 4.79 Å². The minimum Gasteiger partial charge on any atom is -0.406 e. The number of allylic oxidation sites excluding steroid dienone is 4. The van der Waals surface area contributed by atoms with Crippen LogP contribution in [0, 0.1) is 5.92 Å². The first kappa shape index (κ1) is 22.7. The predicted molar refractivity (Wildman–Crippen MR) is 131 cm³/mol. The molecule has 4 rings (SSSR count). The van der Waals surface area contributed by atoms with Crippen molar-refractivity contribution in [3.05, 3.63) is 76.9 Å². The van der Waals surface area contributed by atoms with Crippen molar-refractivity contribution in [2.75, 3.05) is 5.32 Å². The van der Waals surface area contributed by atoms with Gasteiger partial charge in [-0.05, 0) is 45.4 Å². The third kappa shape index (κ3) is 5.49. The smallest absolute Gasteiger partial charge is 0.406 e. The number of hydrogen-bond acceptors (Lipinski definition) is 6. The summed E-state index contributed by atoms with van der Waals surface area (Å²) >= 11 is 6.44. The number of halogens is 1. The lowest BCUT2D eigenvalue weighted by atomic mass is 9.90. The first-order valence-electron chi connectivity index (χ1n) is 10.7. The first-order valence-corrected chi connectivity index (χ1v) is 11.1. The maximum Gasteiger partial charge on any atom is 0.596 e. The van der Waals surface area contributed by atoms with Crippen molar-refractivity contribution in [1.82, 2.24) is 15.3 Å². The van der Waals surface area contributed by atoms with Crippen LogP contribution in [0.1, 0.15) is 38.4 Å². The second-order valence-corrected chi connectivity index (χ2v) is 9.38. The summed E-state index contributed by atoms with van der Waals surface area (Å²) in [5, 5.41) is 7.05. The number of anilines is 2. The van der Waals surface area contributed by atoms with E-state index in [2.05, 4.69) is 45.5 Å². The Bertz CT molecular complexity index is 1180. The molecular weight excluding hydrogens is 438 g/mol. The van der Waals surface area contributed by atoms with Crippen molar-refractivity contribution in [2.45, 2.75) is 39.3 Å². The number of ether oxygens (including phenoxy) is 1. The standard InChI is InChI=1S/C25H27ClN5O2/c1-25(2,3)33-24(32)31(4)15-16-9-11-17(12-10-16)29-23-28-14-20(26)22(30-23)19-13-27-21-8-6-5-7-18(19)21/h5-6,8-14,18,27H,4,7,15H2,1-3H3,(H,28,29,30)/q+1. The van der Waals surface area contributed by atoms with Gasteiger partial charge in [0.15, 0.2) is 6.54 Å². The average molecular weight is 465 g/mol. The van der Waals surface area contributed by atoms with Crippen molar-refractivity contribution < 1.29 is 14.1 Å². The summed E-state index contributed by atoms with van der Waals surface area (Å²) in [5.41, 5.74) is 4.10. The van der Waals surface area contributed by atoms with Gasteiger partial charge in [-0.25, -0.2) is 9.97 Å². The first-order chi connectivity index (χ1) is 15.7. The van der Waals surface area contributed by atoms with Crippen LogP contribution in [-0.2, 0) is 11.3 Å². The number of hydrogen-bond donors (Lipinski definition) is 2. The van der Waals surface area contributed by atoms with Crippen LogP contribution in [0.3, 0.4) is 0 Å². The van der Waals surface area contributed by atoms with Gasteiger partial charge in [0.25, 0.3) is 0 Å². The van der Waals surface area contributed by atoms with E-state index < -0.39 is 11.7 Å². The molecule has 7 nitrogen and oxygen atoms in total. The fraction of sp³-hybridized carbons (Fsp3) is 0.280. The zero-order chi connectivity index (χ0) is 23.6. The Labute approximate surface area is 198 Å². The highest BCUT2D eigenvalue weighted by molar-refractivity contribution is 6.32. The molecule has 2 heterocycles. The Kier molecular flexibility index (Phi) is 6.33. The molecule has 8 heteroatoms. The SMILES string of the molecule is C=[N+](Cc1ccc(Nc2ncc(Cl)c(C3=CNC4=CC=CCC43)n2)cc1)C(=O)OC(C)(C)C. The minimum absolute atomic E-state index is 0.227. The molecule has 170 valence electrons. The molecule has 1 aliphatic carbocycles. The zero-order valence-electron chi connectivity index (χ0n) is 18.9. The average Bonchev–Trinajstić information content (AvgIpc) is 3.19. The molecule has 1 aromatic heterocycles. The molecule has 0 spiro atoms. The van der Waals surface area contributed by atoms with E-state index in [-0.39, 0.29) is 5.92 Å². The fourth-order valence-corrected chi connectivity index (χ4v) is 3.83. The molecule has 0 radical (unpaired) electrons. The summed E-state index contributed by atoms with van der Waals surface area (Å²) in [7, 11) is 0. The highest BCUT2D eigenvalue weighted by Crippen LogP contribution is 2.38. The molecule has 1 amide bonds. The Morgan fingerprint density at radius 3 is 2.82 bits per heavy atom. The molecule has 2 aliphatic rings. The van der Waals surface area contributed by atoms with Gasteiger partial charge in [0.1, 0.15) is 12.3 Å². The summed E-state index contributed by atoms with van der Waals surface area (Å²) in [6.07, 6.45) is 10.3. The number of carbonyl (C=O) groups is 1. The van der Waals surface area contributed by atoms with Crippen molar-refractivity contribution >= 4 is 41.6 Å². The second-order valence-electron chi connectivity index (χ2n) is 8.97. The monoisotopic (exact) mass is 464 g/mol. The summed E-state index contributed by atoms with van der Waals surface area (Å²) in [5.74, 6) is 0.685. The van der Waals surface area contributed by atoms with Gasteiger partial charge in [0, 0.05) is 34.6 Å². The number of benzene rings is 1. The van der Waals surface area contributed by atoms with Crippen LogP contribution < -0.4 is 10.6 Å². The number of aromatic nitrogens is 2. The molecule has 0 bridgehead atoms. The van der Waals surface area contributed by atoms with Crippen LogP contribution in [0.25, 0.3) is 5.57 Å². The Balaban J connectivity index is 1.43. The van der Waals surface area contributed by atoms with Crippen molar-refractivity contribution in [1.29, 1.82) is 0 Å². The maximum absolute atomic E-state index is 12.1. The van der Waals surface area contributed by atoms with Gasteiger partial charge in [-0.2, -0.15) is 4.79 Å². The largest absolute Gasteiger partial charge is 0.596 e. The quantitative estimate of drug-likeness (QED) is 0.454. The second kappa shape index (κ2) is 9.19. The van der Waals surface area contributed by atoms with E-state index >= 15 is 0 Å². The summed E-state index contributed by atoms with van der Waals surface area (Å²) < 4.78 is 6.64. The predicted octanol–water partition coefficient (Wildman–Crippen LogP) is 5.43. The third-order valence-corrected chi connectivity index (χ3v) is 5.46. The summed E-state index contributed by atoms with van der Waals surface area (Å²) in [4.78, 5) is 21.1. The van der Waals surface area contributed by atoms with Gasteiger partial charge < -0.3 is 15.4 Å². The van der Waals surface area contributed by atoms with Crippen LogP contribution in [-0.4, -0.2) is 33.0 Å². The molecule has 0 fully saturated rings. The number of amides is 1. The maximum atomic E-state index is 12.1. The lowest BCUT2D eigenvalue weighted by molar-refractivity contribution is -0.458. The Morgan fingerprint density at radius 1 is 1.33 bits per heavy atom. The molecule has 1 atom stereocenters. The summed E-state index contributed by atoms with van der Waals surface area (Å²) in [6, 6.07) is 7.63. The highest BCUT2D eigenvalue weighted by atomic mass is 35.5. The number of rotatable bonds is 5. The van der Waals surface area contributed by atoms with Gasteiger partial charge >= 0.3 is 6.09 Å². The van der Waals surface area contributed by atoms with Crippen molar-refractivity contribution in [3.8, 4) is 0 Å². The molecule has 33 heavy (non-hydrogen) atoms. The molecule has 1 aromatic carbocycles. The molecule has 2 N–H and O–H groups in total. The van der Waals surface area contributed by atoms with E-state index in [0.717, 1.165) is 28.9 Å². The van der Waals surface area contributed by atoms with Gasteiger partial charge in [-0.1, -0.05) is 35.9 Å². The van der Waals surface area contributed by atoms with Crippen LogP contribution in [0.5, 0.6) is 0 Å². The highest BCUT2D eigenvalue weighted by Gasteiger charge is 2.28. The normalized spacial score (nSPS) is 16.9. The zero-order valence-corrected chi connectivity index (χ0v) is 19.7. The molecular formula is C25H27ClN5O2+. The minimum atomic E-state index is -0.561. The molecule has 1 unspecified atom stereocenters. The van der Waals surface area contributed by atoms with E-state index in [1.54, 1.807) is 6.20 Å². The fourth-order valence-electron chi connectivity index (χ4n) is 3.63. The van der Waals surface area contributed by atoms with Crippen LogP contribution in [0.2, 0.25) is 5.02 Å². The van der Waals surface area contributed by atoms with Crippen molar-refractivity contribution in [2.24, 2.45) is 5.92 Å². The lowest BCUT2D eigenvalue weighted by Crippen LogP contribution is -2.29. The Hall–Kier alpha value is -3.45. The lowest BCUT2D eigenvalue weighted by Gasteiger charge is -2.17. The molecule has 0 saturated heterocycles.